The maximum absolute atomic E-state index is 12.7. The smallest absolute Gasteiger partial charge is 0.272 e. The molecule has 1 saturated heterocycles. The largest absolute Gasteiger partial charge is 0.379 e. The standard InChI is InChI=1S/C18H19N5O2/c24-18(17-3-4-19-12-20-17)23-5-6-25-11-14(10-23)7-13-1-2-16-15(8-13)9-21-22-16/h1-4,8-9,12,14H,5-7,10-11H2,(H,21,22)/t14-/m0/s1. The maximum atomic E-state index is 12.7. The SMILES string of the molecule is O=C(c1ccncn1)N1CCOC[C@@H](Cc2ccc3[nH]ncc3c2)C1. The summed E-state index contributed by atoms with van der Waals surface area (Å²) in [6.07, 6.45) is 5.67. The lowest BCUT2D eigenvalue weighted by molar-refractivity contribution is 0.0731. The first-order valence-electron chi connectivity index (χ1n) is 8.34. The van der Waals surface area contributed by atoms with Gasteiger partial charge in [-0.05, 0) is 30.2 Å². The van der Waals surface area contributed by atoms with Gasteiger partial charge in [0.1, 0.15) is 12.0 Å². The van der Waals surface area contributed by atoms with Gasteiger partial charge in [-0.15, -0.1) is 0 Å². The van der Waals surface area contributed by atoms with Crippen molar-refractivity contribution < 1.29 is 9.53 Å². The van der Waals surface area contributed by atoms with E-state index >= 15 is 0 Å². The van der Waals surface area contributed by atoms with E-state index in [1.807, 2.05) is 17.2 Å². The Morgan fingerprint density at radius 1 is 1.36 bits per heavy atom. The van der Waals surface area contributed by atoms with Crippen LogP contribution in [0.1, 0.15) is 16.1 Å². The highest BCUT2D eigenvalue weighted by Gasteiger charge is 2.24. The van der Waals surface area contributed by atoms with E-state index in [0.29, 0.717) is 32.0 Å². The second kappa shape index (κ2) is 6.98. The summed E-state index contributed by atoms with van der Waals surface area (Å²) in [7, 11) is 0. The number of nitrogens with zero attached hydrogens (tertiary/aromatic N) is 4. The van der Waals surface area contributed by atoms with Crippen LogP contribution >= 0.6 is 0 Å². The number of amides is 1. The van der Waals surface area contributed by atoms with Gasteiger partial charge in [-0.2, -0.15) is 5.10 Å². The molecule has 3 heterocycles. The number of carbonyl (C=O) groups is 1. The molecule has 1 amide bonds. The van der Waals surface area contributed by atoms with E-state index < -0.39 is 0 Å². The summed E-state index contributed by atoms with van der Waals surface area (Å²) in [5.41, 5.74) is 2.68. The summed E-state index contributed by atoms with van der Waals surface area (Å²) < 4.78 is 5.72. The minimum absolute atomic E-state index is 0.0665. The molecule has 0 unspecified atom stereocenters. The summed E-state index contributed by atoms with van der Waals surface area (Å²) >= 11 is 0. The van der Waals surface area contributed by atoms with Crippen LogP contribution in [0.3, 0.4) is 0 Å². The van der Waals surface area contributed by atoms with Crippen molar-refractivity contribution in [3.8, 4) is 0 Å². The second-order valence-electron chi connectivity index (χ2n) is 6.28. The summed E-state index contributed by atoms with van der Waals surface area (Å²) in [5, 5.41) is 8.12. The number of hydrogen-bond donors (Lipinski definition) is 1. The zero-order valence-electron chi connectivity index (χ0n) is 13.8. The number of hydrogen-bond acceptors (Lipinski definition) is 5. The predicted octanol–water partition coefficient (Wildman–Crippen LogP) is 1.68. The quantitative estimate of drug-likeness (QED) is 0.786. The molecule has 1 aromatic carbocycles. The van der Waals surface area contributed by atoms with Gasteiger partial charge >= 0.3 is 0 Å². The molecule has 25 heavy (non-hydrogen) atoms. The average molecular weight is 337 g/mol. The van der Waals surface area contributed by atoms with Gasteiger partial charge in [0.15, 0.2) is 0 Å². The fourth-order valence-electron chi connectivity index (χ4n) is 3.22. The van der Waals surface area contributed by atoms with Crippen molar-refractivity contribution in [3.63, 3.8) is 0 Å². The number of aromatic nitrogens is 4. The number of fused-ring (bicyclic) bond motifs is 1. The van der Waals surface area contributed by atoms with Gasteiger partial charge in [0.2, 0.25) is 0 Å². The van der Waals surface area contributed by atoms with Gasteiger partial charge in [0, 0.05) is 30.6 Å². The van der Waals surface area contributed by atoms with Gasteiger partial charge in [0.25, 0.3) is 5.91 Å². The van der Waals surface area contributed by atoms with Crippen molar-refractivity contribution in [2.75, 3.05) is 26.3 Å². The molecule has 0 bridgehead atoms. The monoisotopic (exact) mass is 337 g/mol. The molecule has 0 spiro atoms. The van der Waals surface area contributed by atoms with E-state index in [-0.39, 0.29) is 11.8 Å². The van der Waals surface area contributed by atoms with Gasteiger partial charge in [-0.1, -0.05) is 6.07 Å². The summed E-state index contributed by atoms with van der Waals surface area (Å²) in [6, 6.07) is 7.93. The van der Waals surface area contributed by atoms with E-state index in [1.165, 1.54) is 11.9 Å². The molecule has 7 nitrogen and oxygen atoms in total. The lowest BCUT2D eigenvalue weighted by Gasteiger charge is -2.23. The minimum atomic E-state index is -0.0665. The molecule has 0 saturated carbocycles. The Bertz CT molecular complexity index is 864. The first kappa shape index (κ1) is 15.7. The van der Waals surface area contributed by atoms with Gasteiger partial charge in [-0.3, -0.25) is 9.89 Å². The minimum Gasteiger partial charge on any atom is -0.379 e. The highest BCUT2D eigenvalue weighted by atomic mass is 16.5. The molecule has 3 aromatic rings. The van der Waals surface area contributed by atoms with Gasteiger partial charge < -0.3 is 9.64 Å². The van der Waals surface area contributed by atoms with Gasteiger partial charge in [-0.25, -0.2) is 9.97 Å². The zero-order valence-corrected chi connectivity index (χ0v) is 13.8. The Kier molecular flexibility index (Phi) is 4.39. The molecule has 0 aliphatic carbocycles. The number of aromatic amines is 1. The van der Waals surface area contributed by atoms with E-state index in [0.717, 1.165) is 17.3 Å². The van der Waals surface area contributed by atoms with E-state index in [9.17, 15) is 4.79 Å². The molecule has 1 N–H and O–H groups in total. The Balaban J connectivity index is 1.48. The lowest BCUT2D eigenvalue weighted by atomic mass is 9.98. The summed E-state index contributed by atoms with van der Waals surface area (Å²) in [4.78, 5) is 22.4. The van der Waals surface area contributed by atoms with E-state index in [1.54, 1.807) is 12.3 Å². The third-order valence-electron chi connectivity index (χ3n) is 4.45. The number of carbonyl (C=O) groups excluding carboxylic acids is 1. The van der Waals surface area contributed by atoms with Crippen LogP contribution in [0, 0.1) is 5.92 Å². The summed E-state index contributed by atoms with van der Waals surface area (Å²) in [5.74, 6) is 0.181. The van der Waals surface area contributed by atoms with Crippen LogP contribution in [-0.4, -0.2) is 57.3 Å². The molecule has 1 fully saturated rings. The predicted molar refractivity (Wildman–Crippen MR) is 92.0 cm³/mol. The highest BCUT2D eigenvalue weighted by Crippen LogP contribution is 2.19. The molecular weight excluding hydrogens is 318 g/mol. The van der Waals surface area contributed by atoms with Crippen LogP contribution in [0.5, 0.6) is 0 Å². The van der Waals surface area contributed by atoms with Crippen molar-refractivity contribution in [1.29, 1.82) is 0 Å². The van der Waals surface area contributed by atoms with Crippen molar-refractivity contribution >= 4 is 16.8 Å². The van der Waals surface area contributed by atoms with Crippen molar-refractivity contribution in [1.82, 2.24) is 25.1 Å². The third kappa shape index (κ3) is 3.51. The third-order valence-corrected chi connectivity index (χ3v) is 4.45. The second-order valence-corrected chi connectivity index (χ2v) is 6.28. The average Bonchev–Trinajstić information content (AvgIpc) is 2.99. The van der Waals surface area contributed by atoms with Crippen LogP contribution < -0.4 is 0 Å². The first-order chi connectivity index (χ1) is 12.3. The maximum Gasteiger partial charge on any atom is 0.272 e. The van der Waals surface area contributed by atoms with E-state index in [2.05, 4.69) is 32.3 Å². The van der Waals surface area contributed by atoms with Crippen molar-refractivity contribution in [2.24, 2.45) is 5.92 Å². The molecule has 7 heteroatoms. The molecule has 4 rings (SSSR count). The topological polar surface area (TPSA) is 84.0 Å². The van der Waals surface area contributed by atoms with Crippen LogP contribution in [0.25, 0.3) is 10.9 Å². The fraction of sp³-hybridized carbons (Fsp3) is 0.333. The molecular formula is C18H19N5O2. The molecule has 128 valence electrons. The molecule has 1 aliphatic heterocycles. The highest BCUT2D eigenvalue weighted by molar-refractivity contribution is 5.92. The van der Waals surface area contributed by atoms with Gasteiger partial charge in [0.05, 0.1) is 24.9 Å². The Labute approximate surface area is 145 Å². The number of ether oxygens (including phenoxy) is 1. The Hall–Kier alpha value is -2.80. The first-order valence-corrected chi connectivity index (χ1v) is 8.34. The van der Waals surface area contributed by atoms with Crippen LogP contribution in [0.4, 0.5) is 0 Å². The molecule has 1 aliphatic rings. The van der Waals surface area contributed by atoms with Crippen LogP contribution in [0.2, 0.25) is 0 Å². The molecule has 2 aromatic heterocycles. The number of rotatable bonds is 3. The van der Waals surface area contributed by atoms with Crippen LogP contribution in [-0.2, 0) is 11.2 Å². The number of benzene rings is 1. The van der Waals surface area contributed by atoms with E-state index in [4.69, 9.17) is 4.74 Å². The summed E-state index contributed by atoms with van der Waals surface area (Å²) in [6.45, 7) is 2.44. The van der Waals surface area contributed by atoms with Crippen LogP contribution in [0.15, 0.2) is 43.0 Å². The Morgan fingerprint density at radius 3 is 3.20 bits per heavy atom. The number of nitrogens with one attached hydrogen (secondary N) is 1. The van der Waals surface area contributed by atoms with Crippen molar-refractivity contribution in [3.05, 3.63) is 54.2 Å². The number of H-pyrrole nitrogens is 1. The molecule has 0 radical (unpaired) electrons. The normalized spacial score (nSPS) is 18.2. The molecule has 1 atom stereocenters. The van der Waals surface area contributed by atoms with Crippen molar-refractivity contribution in [2.45, 2.75) is 6.42 Å². The Morgan fingerprint density at radius 2 is 2.32 bits per heavy atom. The fourth-order valence-corrected chi connectivity index (χ4v) is 3.22. The zero-order chi connectivity index (χ0) is 17.1. The lowest BCUT2D eigenvalue weighted by Crippen LogP contribution is -2.36.